The third-order valence-corrected chi connectivity index (χ3v) is 10.1. The van der Waals surface area contributed by atoms with E-state index >= 15 is 0 Å². The topological polar surface area (TPSA) is 173 Å². The molecule has 0 aliphatic rings. The van der Waals surface area contributed by atoms with Crippen LogP contribution in [0.1, 0.15) is 102 Å². The van der Waals surface area contributed by atoms with Gasteiger partial charge in [0.1, 0.15) is 38.9 Å². The molecule has 53 heavy (non-hydrogen) atoms. The Balaban J connectivity index is 0.000000360. The third-order valence-electron chi connectivity index (χ3n) is 8.41. The predicted molar refractivity (Wildman–Crippen MR) is 205 cm³/mol. The van der Waals surface area contributed by atoms with Gasteiger partial charge in [0.05, 0.1) is 9.79 Å². The normalized spacial score (nSPS) is 11.2. The van der Waals surface area contributed by atoms with Gasteiger partial charge in [-0.15, -0.1) is 5.75 Å². The summed E-state index contributed by atoms with van der Waals surface area (Å²) in [5.41, 5.74) is 1.29. The van der Waals surface area contributed by atoms with Crippen LogP contribution in [0.5, 0.6) is 34.5 Å². The molecule has 0 heterocycles. The van der Waals surface area contributed by atoms with E-state index in [1.54, 1.807) is 42.5 Å². The Morgan fingerprint density at radius 3 is 1.55 bits per heavy atom. The van der Waals surface area contributed by atoms with Gasteiger partial charge in [0, 0.05) is 11.6 Å². The average Bonchev–Trinajstić information content (AvgIpc) is 3.10. The van der Waals surface area contributed by atoms with Gasteiger partial charge >= 0.3 is 37.7 Å². The van der Waals surface area contributed by atoms with Crippen LogP contribution in [0.4, 0.5) is 0 Å². The summed E-state index contributed by atoms with van der Waals surface area (Å²) in [6, 6.07) is 20.9. The average molecular weight is 795 g/mol. The minimum absolute atomic E-state index is 0. The SMILES string of the molecule is CCCCCCCCc1c(O)cccc1Oc1cccc(S(=O)(=O)O)c1.CCCCCCCCc1c([O-])cccc1Oc1cccc(S(=O)(=O)[O-])c1.[Ca+2]. The molecule has 0 bridgehead atoms. The monoisotopic (exact) mass is 794 g/mol. The van der Waals surface area contributed by atoms with Crippen molar-refractivity contribution in [3.05, 3.63) is 96.1 Å². The van der Waals surface area contributed by atoms with E-state index in [9.17, 15) is 31.6 Å². The fourth-order valence-electron chi connectivity index (χ4n) is 5.60. The van der Waals surface area contributed by atoms with Crippen LogP contribution >= 0.6 is 0 Å². The first kappa shape index (κ1) is 46.3. The summed E-state index contributed by atoms with van der Waals surface area (Å²) >= 11 is 0. The number of phenols is 1. The van der Waals surface area contributed by atoms with Crippen LogP contribution in [0.2, 0.25) is 0 Å². The Bertz CT molecular complexity index is 1780. The van der Waals surface area contributed by atoms with Gasteiger partial charge in [-0.3, -0.25) is 4.55 Å². The van der Waals surface area contributed by atoms with Crippen molar-refractivity contribution >= 4 is 58.0 Å². The quantitative estimate of drug-likeness (QED) is 0.0499. The van der Waals surface area contributed by atoms with Gasteiger partial charge < -0.3 is 24.2 Å². The molecule has 0 aliphatic carbocycles. The van der Waals surface area contributed by atoms with E-state index < -0.39 is 20.2 Å². The smallest absolute Gasteiger partial charge is 0.872 e. The first-order valence-corrected chi connectivity index (χ1v) is 20.8. The predicted octanol–water partition coefficient (Wildman–Crippen LogP) is 9.31. The van der Waals surface area contributed by atoms with E-state index in [1.165, 1.54) is 87.4 Å². The third kappa shape index (κ3) is 16.6. The fraction of sp³-hybridized carbons (Fsp3) is 0.400. The number of ether oxygens (including phenoxy) is 2. The summed E-state index contributed by atoms with van der Waals surface area (Å²) < 4.78 is 76.6. The Morgan fingerprint density at radius 1 is 0.585 bits per heavy atom. The molecule has 0 atom stereocenters. The molecule has 0 unspecified atom stereocenters. The Morgan fingerprint density at radius 2 is 1.02 bits per heavy atom. The summed E-state index contributed by atoms with van der Waals surface area (Å²) in [5.74, 6) is 1.48. The molecule has 13 heteroatoms. The number of unbranched alkanes of at least 4 members (excludes halogenated alkanes) is 10. The summed E-state index contributed by atoms with van der Waals surface area (Å²) in [4.78, 5) is -0.585. The van der Waals surface area contributed by atoms with Gasteiger partial charge in [-0.25, -0.2) is 8.42 Å². The molecule has 0 aromatic heterocycles. The molecule has 284 valence electrons. The van der Waals surface area contributed by atoms with E-state index in [0.717, 1.165) is 32.1 Å². The van der Waals surface area contributed by atoms with Crippen molar-refractivity contribution in [1.82, 2.24) is 0 Å². The number of hydrogen-bond donors (Lipinski definition) is 2. The zero-order chi connectivity index (χ0) is 38.0. The molecular formula is C40H50CaO10S2. The second-order valence-corrected chi connectivity index (χ2v) is 15.4. The van der Waals surface area contributed by atoms with E-state index in [0.29, 0.717) is 35.5 Å². The van der Waals surface area contributed by atoms with Crippen LogP contribution < -0.4 is 14.6 Å². The van der Waals surface area contributed by atoms with Crippen molar-refractivity contribution in [3.63, 3.8) is 0 Å². The second-order valence-electron chi connectivity index (χ2n) is 12.6. The summed E-state index contributed by atoms with van der Waals surface area (Å²) in [6.45, 7) is 4.35. The van der Waals surface area contributed by atoms with Gasteiger partial charge in [-0.1, -0.05) is 108 Å². The van der Waals surface area contributed by atoms with Gasteiger partial charge in [0.25, 0.3) is 10.1 Å². The van der Waals surface area contributed by atoms with Crippen molar-refractivity contribution in [3.8, 4) is 34.5 Å². The standard InChI is InChI=1S/2C20H26O5S.Ca/c2*1-2-3-4-5-6-7-12-18-19(21)13-9-14-20(18)25-16-10-8-11-17(15-16)26(22,23)24;/h2*8-11,13-15,21H,2-7,12H2,1H3,(H,22,23,24);/q;;+2/p-2. The first-order valence-electron chi connectivity index (χ1n) is 17.9. The van der Waals surface area contributed by atoms with Gasteiger partial charge in [-0.2, -0.15) is 8.42 Å². The van der Waals surface area contributed by atoms with Gasteiger partial charge in [0.2, 0.25) is 0 Å². The summed E-state index contributed by atoms with van der Waals surface area (Å²) in [5, 5.41) is 22.4. The molecule has 10 nitrogen and oxygen atoms in total. The minimum Gasteiger partial charge on any atom is -0.872 e. The van der Waals surface area contributed by atoms with Crippen LogP contribution in [0.15, 0.2) is 94.7 Å². The molecule has 4 aromatic carbocycles. The van der Waals surface area contributed by atoms with Crippen molar-refractivity contribution in [2.45, 2.75) is 114 Å². The molecule has 0 saturated carbocycles. The first-order chi connectivity index (χ1) is 24.8. The molecule has 0 saturated heterocycles. The molecule has 0 aliphatic heterocycles. The molecular weight excluding hydrogens is 745 g/mol. The van der Waals surface area contributed by atoms with E-state index in [-0.39, 0.29) is 70.5 Å². The maximum absolute atomic E-state index is 12.2. The largest absolute Gasteiger partial charge is 2.00 e. The number of phenolic OH excluding ortho intramolecular Hbond substituents is 1. The molecule has 2 N–H and O–H groups in total. The van der Waals surface area contributed by atoms with Crippen LogP contribution in [0.3, 0.4) is 0 Å². The number of benzene rings is 4. The molecule has 4 aromatic rings. The van der Waals surface area contributed by atoms with Crippen molar-refractivity contribution < 1.29 is 45.6 Å². The van der Waals surface area contributed by atoms with Gasteiger partial charge in [-0.05, 0) is 79.8 Å². The van der Waals surface area contributed by atoms with Crippen molar-refractivity contribution in [1.29, 1.82) is 0 Å². The summed E-state index contributed by atoms with van der Waals surface area (Å²) in [6.07, 6.45) is 14.9. The van der Waals surface area contributed by atoms with E-state index in [2.05, 4.69) is 13.8 Å². The van der Waals surface area contributed by atoms with E-state index in [1.807, 2.05) is 0 Å². The van der Waals surface area contributed by atoms with Crippen LogP contribution in [0, 0.1) is 0 Å². The minimum atomic E-state index is -4.55. The Hall–Kier alpha value is -2.84. The Kier molecular flexibility index (Phi) is 20.8. The maximum atomic E-state index is 12.2. The maximum Gasteiger partial charge on any atom is 2.00 e. The molecule has 0 amide bonds. The summed E-state index contributed by atoms with van der Waals surface area (Å²) in [7, 11) is -8.84. The van der Waals surface area contributed by atoms with Crippen LogP contribution in [0.25, 0.3) is 0 Å². The molecule has 0 radical (unpaired) electrons. The zero-order valence-corrected chi connectivity index (χ0v) is 34.5. The molecule has 0 spiro atoms. The Labute approximate surface area is 345 Å². The fourth-order valence-corrected chi connectivity index (χ4v) is 6.62. The van der Waals surface area contributed by atoms with Crippen molar-refractivity contribution in [2.75, 3.05) is 0 Å². The number of hydrogen-bond acceptors (Lipinski definition) is 9. The van der Waals surface area contributed by atoms with Gasteiger partial charge in [0.15, 0.2) is 0 Å². The molecule has 0 fully saturated rings. The zero-order valence-electron chi connectivity index (χ0n) is 30.7. The van der Waals surface area contributed by atoms with E-state index in [4.69, 9.17) is 14.0 Å². The number of rotatable bonds is 20. The van der Waals surface area contributed by atoms with Crippen LogP contribution in [-0.4, -0.2) is 68.8 Å². The number of aromatic hydroxyl groups is 1. The van der Waals surface area contributed by atoms with Crippen molar-refractivity contribution in [2.24, 2.45) is 0 Å². The molecule has 4 rings (SSSR count). The van der Waals surface area contributed by atoms with Crippen LogP contribution in [-0.2, 0) is 33.1 Å². The second kappa shape index (κ2) is 23.8.